The molecule has 0 bridgehead atoms. The summed E-state index contributed by atoms with van der Waals surface area (Å²) in [6, 6.07) is 9.95. The van der Waals surface area contributed by atoms with E-state index in [1.54, 1.807) is 0 Å². The number of nitrogens with zero attached hydrogens (tertiary/aromatic N) is 1. The molecule has 1 aromatic carbocycles. The van der Waals surface area contributed by atoms with Crippen LogP contribution in [0.3, 0.4) is 0 Å². The molecule has 0 radical (unpaired) electrons. The molecular formula is C23H39NO3S. The molecule has 0 spiro atoms. The van der Waals surface area contributed by atoms with Crippen LogP contribution in [0.5, 0.6) is 0 Å². The quantitative estimate of drug-likeness (QED) is 0.194. The Labute approximate surface area is 172 Å². The minimum absolute atomic E-state index is 0.0403. The average molecular weight is 410 g/mol. The third-order valence-electron chi connectivity index (χ3n) is 5.19. The lowest BCUT2D eigenvalue weighted by Crippen LogP contribution is -2.33. The zero-order chi connectivity index (χ0) is 20.7. The molecule has 0 aliphatic carbocycles. The summed E-state index contributed by atoms with van der Waals surface area (Å²) in [6.07, 6.45) is 14.6. The second-order valence-electron chi connectivity index (χ2n) is 7.60. The molecule has 0 aromatic heterocycles. The monoisotopic (exact) mass is 409 g/mol. The maximum Gasteiger partial charge on any atom is 0.266 e. The Morgan fingerprint density at radius 2 is 1.46 bits per heavy atom. The second kappa shape index (κ2) is 14.8. The van der Waals surface area contributed by atoms with Crippen LogP contribution < -0.4 is 0 Å². The van der Waals surface area contributed by atoms with Gasteiger partial charge in [-0.3, -0.25) is 9.45 Å². The fraction of sp³-hybridized carbons (Fsp3) is 0.652. The van der Waals surface area contributed by atoms with Crippen LogP contribution in [0, 0.1) is 0 Å². The molecule has 0 fully saturated rings. The van der Waals surface area contributed by atoms with E-state index in [4.69, 9.17) is 4.55 Å². The van der Waals surface area contributed by atoms with Gasteiger partial charge in [0.25, 0.3) is 10.1 Å². The fourth-order valence-electron chi connectivity index (χ4n) is 3.57. The number of hydrogen-bond donors (Lipinski definition) is 1. The Kier molecular flexibility index (Phi) is 13.1. The van der Waals surface area contributed by atoms with E-state index in [1.807, 2.05) is 36.4 Å². The Morgan fingerprint density at radius 3 is 1.96 bits per heavy atom. The van der Waals surface area contributed by atoms with Crippen LogP contribution in [0.4, 0.5) is 0 Å². The summed E-state index contributed by atoms with van der Waals surface area (Å²) >= 11 is 0. The lowest BCUT2D eigenvalue weighted by atomic mass is 10.0. The van der Waals surface area contributed by atoms with Crippen LogP contribution in [0.25, 0.3) is 0 Å². The fourth-order valence-corrected chi connectivity index (χ4v) is 4.04. The van der Waals surface area contributed by atoms with E-state index >= 15 is 0 Å². The summed E-state index contributed by atoms with van der Waals surface area (Å²) in [4.78, 5) is 2.11. The molecule has 5 heteroatoms. The van der Waals surface area contributed by atoms with Crippen LogP contribution in [0.1, 0.15) is 82.7 Å². The minimum Gasteiger partial charge on any atom is -0.292 e. The van der Waals surface area contributed by atoms with Crippen molar-refractivity contribution in [1.29, 1.82) is 0 Å². The molecule has 1 unspecified atom stereocenters. The van der Waals surface area contributed by atoms with E-state index in [0.29, 0.717) is 6.54 Å². The molecule has 1 aromatic rings. The Balaban J connectivity index is 2.42. The van der Waals surface area contributed by atoms with Gasteiger partial charge in [-0.1, -0.05) is 101 Å². The maximum absolute atomic E-state index is 11.2. The van der Waals surface area contributed by atoms with Crippen molar-refractivity contribution in [2.45, 2.75) is 77.2 Å². The third kappa shape index (κ3) is 11.6. The second-order valence-corrected chi connectivity index (χ2v) is 9.17. The average Bonchev–Trinajstić information content (AvgIpc) is 2.67. The van der Waals surface area contributed by atoms with E-state index in [9.17, 15) is 8.42 Å². The molecule has 1 rings (SSSR count). The van der Waals surface area contributed by atoms with Gasteiger partial charge in [-0.15, -0.1) is 6.58 Å². The summed E-state index contributed by atoms with van der Waals surface area (Å²) in [5.41, 5.74) is 1.10. The van der Waals surface area contributed by atoms with Gasteiger partial charge < -0.3 is 0 Å². The van der Waals surface area contributed by atoms with Gasteiger partial charge in [-0.2, -0.15) is 8.42 Å². The first-order valence-corrected chi connectivity index (χ1v) is 12.5. The van der Waals surface area contributed by atoms with Gasteiger partial charge in [0.15, 0.2) is 0 Å². The number of unbranched alkanes of at least 4 members (excludes halogenated alkanes) is 9. The van der Waals surface area contributed by atoms with Gasteiger partial charge >= 0.3 is 0 Å². The van der Waals surface area contributed by atoms with Crippen molar-refractivity contribution in [3.63, 3.8) is 0 Å². The van der Waals surface area contributed by atoms with Crippen molar-refractivity contribution in [3.8, 4) is 0 Å². The smallest absolute Gasteiger partial charge is 0.266 e. The van der Waals surface area contributed by atoms with Crippen LogP contribution in [-0.4, -0.2) is 36.7 Å². The molecular weight excluding hydrogens is 370 g/mol. The lowest BCUT2D eigenvalue weighted by Gasteiger charge is -2.29. The molecule has 4 nitrogen and oxygen atoms in total. The first-order chi connectivity index (χ1) is 13.5. The predicted molar refractivity (Wildman–Crippen MR) is 119 cm³/mol. The number of benzene rings is 1. The molecule has 0 saturated carbocycles. The largest absolute Gasteiger partial charge is 0.292 e. The standard InChI is InChI=1S/C23H39NO3S/c1-3-5-6-7-8-9-10-11-12-16-19-24(20-21-28(25,26)27)23(4-2)22-17-14-13-15-18-22/h4,13-15,17-18,23H,2-3,5-12,16,19-21H2,1H3,(H,25,26,27). The molecule has 0 aliphatic heterocycles. The first kappa shape index (κ1) is 24.9. The highest BCUT2D eigenvalue weighted by molar-refractivity contribution is 7.85. The molecule has 28 heavy (non-hydrogen) atoms. The molecule has 1 atom stereocenters. The Hall–Kier alpha value is -1.17. The highest BCUT2D eigenvalue weighted by Crippen LogP contribution is 2.22. The van der Waals surface area contributed by atoms with Gasteiger partial charge in [0.2, 0.25) is 0 Å². The highest BCUT2D eigenvalue weighted by Gasteiger charge is 2.19. The van der Waals surface area contributed by atoms with Gasteiger partial charge in [0.05, 0.1) is 11.8 Å². The van der Waals surface area contributed by atoms with Gasteiger partial charge in [0, 0.05) is 6.54 Å². The molecule has 160 valence electrons. The Morgan fingerprint density at radius 1 is 0.929 bits per heavy atom. The van der Waals surface area contributed by atoms with Crippen molar-refractivity contribution >= 4 is 10.1 Å². The normalized spacial score (nSPS) is 13.0. The van der Waals surface area contributed by atoms with Crippen LogP contribution >= 0.6 is 0 Å². The van der Waals surface area contributed by atoms with E-state index in [2.05, 4.69) is 18.4 Å². The topological polar surface area (TPSA) is 57.6 Å². The Bertz CT molecular complexity index is 616. The maximum atomic E-state index is 11.2. The number of hydrogen-bond acceptors (Lipinski definition) is 3. The van der Waals surface area contributed by atoms with E-state index in [1.165, 1.54) is 51.4 Å². The minimum atomic E-state index is -3.97. The van der Waals surface area contributed by atoms with E-state index in [-0.39, 0.29) is 11.8 Å². The third-order valence-corrected chi connectivity index (χ3v) is 5.89. The van der Waals surface area contributed by atoms with Gasteiger partial charge in [0.1, 0.15) is 0 Å². The van der Waals surface area contributed by atoms with Crippen LogP contribution in [0.2, 0.25) is 0 Å². The number of rotatable bonds is 17. The van der Waals surface area contributed by atoms with Crippen LogP contribution in [0.15, 0.2) is 43.0 Å². The van der Waals surface area contributed by atoms with E-state index in [0.717, 1.165) is 24.9 Å². The predicted octanol–water partition coefficient (Wildman–Crippen LogP) is 6.02. The van der Waals surface area contributed by atoms with Gasteiger partial charge in [-0.05, 0) is 18.5 Å². The summed E-state index contributed by atoms with van der Waals surface area (Å²) < 4.78 is 31.6. The molecule has 0 aliphatic rings. The summed E-state index contributed by atoms with van der Waals surface area (Å²) in [5.74, 6) is -0.248. The SMILES string of the molecule is C=CC(c1ccccc1)N(CCCCCCCCCCCC)CCS(=O)(=O)O. The zero-order valence-electron chi connectivity index (χ0n) is 17.6. The molecule has 0 amide bonds. The summed E-state index contributed by atoms with van der Waals surface area (Å²) in [5, 5.41) is 0. The first-order valence-electron chi connectivity index (χ1n) is 10.8. The van der Waals surface area contributed by atoms with Gasteiger partial charge in [-0.25, -0.2) is 0 Å². The highest BCUT2D eigenvalue weighted by atomic mass is 32.2. The molecule has 1 N–H and O–H groups in total. The van der Waals surface area contributed by atoms with E-state index < -0.39 is 10.1 Å². The van der Waals surface area contributed by atoms with Crippen molar-refractivity contribution in [2.24, 2.45) is 0 Å². The van der Waals surface area contributed by atoms with Crippen molar-refractivity contribution in [2.75, 3.05) is 18.8 Å². The van der Waals surface area contributed by atoms with Crippen molar-refractivity contribution < 1.29 is 13.0 Å². The summed E-state index contributed by atoms with van der Waals surface area (Å²) in [7, 11) is -3.97. The lowest BCUT2D eigenvalue weighted by molar-refractivity contribution is 0.237. The summed E-state index contributed by atoms with van der Waals surface area (Å²) in [6.45, 7) is 7.30. The molecule has 0 saturated heterocycles. The van der Waals surface area contributed by atoms with Crippen molar-refractivity contribution in [3.05, 3.63) is 48.6 Å². The molecule has 0 heterocycles. The zero-order valence-corrected chi connectivity index (χ0v) is 18.4. The van der Waals surface area contributed by atoms with Crippen LogP contribution in [-0.2, 0) is 10.1 Å². The van der Waals surface area contributed by atoms with Crippen molar-refractivity contribution in [1.82, 2.24) is 4.90 Å².